The van der Waals surface area contributed by atoms with Crippen molar-refractivity contribution in [3.8, 4) is 79.9 Å². The Hall–Kier alpha value is -9.43. The maximum absolute atomic E-state index is 10.1. The van der Waals surface area contributed by atoms with Crippen molar-refractivity contribution in [1.82, 2.24) is 24.1 Å². The summed E-state index contributed by atoms with van der Waals surface area (Å²) < 4.78 is 4.63. The molecule has 0 N–H and O–H groups in total. The molecule has 0 radical (unpaired) electrons. The molecular weight excluding hydrogens is 807 g/mol. The first kappa shape index (κ1) is 38.3. The third kappa shape index (κ3) is 6.39. The quantitative estimate of drug-likeness (QED) is 0.159. The Morgan fingerprint density at radius 3 is 1.47 bits per heavy atom. The van der Waals surface area contributed by atoms with Crippen LogP contribution in [0.3, 0.4) is 0 Å². The summed E-state index contributed by atoms with van der Waals surface area (Å²) >= 11 is 0. The van der Waals surface area contributed by atoms with E-state index in [1.165, 1.54) is 5.39 Å². The number of nitrogens with zero attached hydrogens (tertiary/aromatic N) is 7. The summed E-state index contributed by atoms with van der Waals surface area (Å²) in [4.78, 5) is 15.6. The van der Waals surface area contributed by atoms with E-state index in [9.17, 15) is 10.5 Å². The molecule has 0 spiro atoms. The lowest BCUT2D eigenvalue weighted by Crippen LogP contribution is -2.04. The molecule has 0 atom stereocenters. The van der Waals surface area contributed by atoms with E-state index in [-0.39, 0.29) is 0 Å². The summed E-state index contributed by atoms with van der Waals surface area (Å²) in [6, 6.07) is 77.0. The lowest BCUT2D eigenvalue weighted by Gasteiger charge is -2.16. The number of fused-ring (bicyclic) bond motifs is 6. The van der Waals surface area contributed by atoms with E-state index in [0.29, 0.717) is 28.6 Å². The van der Waals surface area contributed by atoms with Crippen LogP contribution in [0.5, 0.6) is 0 Å². The van der Waals surface area contributed by atoms with E-state index in [1.54, 1.807) is 12.1 Å². The normalized spacial score (nSPS) is 11.3. The van der Waals surface area contributed by atoms with Gasteiger partial charge in [0, 0.05) is 43.9 Å². The maximum Gasteiger partial charge on any atom is 0.166 e. The predicted molar refractivity (Wildman–Crippen MR) is 265 cm³/mol. The molecule has 306 valence electrons. The molecular formula is C59H35N7. The number of rotatable bonds is 7. The minimum Gasteiger partial charge on any atom is -0.309 e. The Labute approximate surface area is 380 Å². The second-order valence-corrected chi connectivity index (χ2v) is 16.3. The molecule has 66 heavy (non-hydrogen) atoms. The molecule has 0 aliphatic rings. The van der Waals surface area contributed by atoms with Gasteiger partial charge in [0.2, 0.25) is 0 Å². The number of aromatic nitrogens is 5. The summed E-state index contributed by atoms with van der Waals surface area (Å²) in [5, 5.41) is 24.1. The third-order valence-electron chi connectivity index (χ3n) is 12.5. The van der Waals surface area contributed by atoms with Crippen LogP contribution in [-0.4, -0.2) is 24.1 Å². The van der Waals surface area contributed by atoms with Gasteiger partial charge in [-0.2, -0.15) is 10.5 Å². The fraction of sp³-hybridized carbons (Fsp3) is 0. The van der Waals surface area contributed by atoms with E-state index in [4.69, 9.17) is 15.0 Å². The molecule has 3 heterocycles. The zero-order valence-corrected chi connectivity index (χ0v) is 35.3. The Morgan fingerprint density at radius 1 is 0.333 bits per heavy atom. The lowest BCUT2D eigenvalue weighted by molar-refractivity contribution is 1.06. The first-order valence-electron chi connectivity index (χ1n) is 21.7. The van der Waals surface area contributed by atoms with Gasteiger partial charge in [0.1, 0.15) is 0 Å². The first-order chi connectivity index (χ1) is 32.6. The van der Waals surface area contributed by atoms with Crippen molar-refractivity contribution in [2.45, 2.75) is 0 Å². The molecule has 9 aromatic carbocycles. The van der Waals surface area contributed by atoms with Crippen LogP contribution in [0.15, 0.2) is 212 Å². The summed E-state index contributed by atoms with van der Waals surface area (Å²) in [7, 11) is 0. The van der Waals surface area contributed by atoms with Crippen LogP contribution in [0.1, 0.15) is 11.1 Å². The largest absolute Gasteiger partial charge is 0.309 e. The summed E-state index contributed by atoms with van der Waals surface area (Å²) in [6.45, 7) is 0. The Balaban J connectivity index is 1.12. The highest BCUT2D eigenvalue weighted by Gasteiger charge is 2.22. The minimum atomic E-state index is 0.451. The highest BCUT2D eigenvalue weighted by molar-refractivity contribution is 6.12. The van der Waals surface area contributed by atoms with Crippen LogP contribution in [-0.2, 0) is 0 Å². The minimum absolute atomic E-state index is 0.451. The zero-order valence-electron chi connectivity index (χ0n) is 35.3. The van der Waals surface area contributed by atoms with Crippen LogP contribution in [0, 0.1) is 22.7 Å². The van der Waals surface area contributed by atoms with Gasteiger partial charge in [0.25, 0.3) is 0 Å². The fourth-order valence-corrected chi connectivity index (χ4v) is 9.38. The Morgan fingerprint density at radius 2 is 0.833 bits per heavy atom. The molecule has 0 bridgehead atoms. The van der Waals surface area contributed by atoms with Crippen LogP contribution >= 0.6 is 0 Å². The van der Waals surface area contributed by atoms with Crippen molar-refractivity contribution >= 4 is 43.6 Å². The van der Waals surface area contributed by atoms with E-state index in [1.807, 2.05) is 72.8 Å². The summed E-state index contributed by atoms with van der Waals surface area (Å²) in [5.74, 6) is 1.70. The smallest absolute Gasteiger partial charge is 0.166 e. The lowest BCUT2D eigenvalue weighted by atomic mass is 9.97. The molecule has 0 saturated heterocycles. The third-order valence-corrected chi connectivity index (χ3v) is 12.5. The van der Waals surface area contributed by atoms with Gasteiger partial charge in [0.15, 0.2) is 17.5 Å². The van der Waals surface area contributed by atoms with Gasteiger partial charge < -0.3 is 9.13 Å². The van der Waals surface area contributed by atoms with Crippen molar-refractivity contribution in [2.24, 2.45) is 0 Å². The van der Waals surface area contributed by atoms with Crippen molar-refractivity contribution in [3.05, 3.63) is 223 Å². The van der Waals surface area contributed by atoms with Gasteiger partial charge in [-0.3, -0.25) is 0 Å². The summed E-state index contributed by atoms with van der Waals surface area (Å²) in [6.07, 6.45) is 0. The van der Waals surface area contributed by atoms with Crippen molar-refractivity contribution in [3.63, 3.8) is 0 Å². The molecule has 0 aliphatic heterocycles. The fourth-order valence-electron chi connectivity index (χ4n) is 9.38. The monoisotopic (exact) mass is 841 g/mol. The number of hydrogen-bond donors (Lipinski definition) is 0. The van der Waals surface area contributed by atoms with Gasteiger partial charge in [-0.05, 0) is 95.1 Å². The van der Waals surface area contributed by atoms with Crippen LogP contribution in [0.25, 0.3) is 111 Å². The van der Waals surface area contributed by atoms with Gasteiger partial charge in [0.05, 0.1) is 51.0 Å². The highest BCUT2D eigenvalue weighted by atomic mass is 15.1. The van der Waals surface area contributed by atoms with E-state index in [2.05, 4.69) is 149 Å². The maximum atomic E-state index is 10.1. The molecule has 0 amide bonds. The van der Waals surface area contributed by atoms with Crippen LogP contribution in [0.2, 0.25) is 0 Å². The topological polar surface area (TPSA) is 96.1 Å². The van der Waals surface area contributed by atoms with E-state index < -0.39 is 0 Å². The molecule has 0 aliphatic carbocycles. The van der Waals surface area contributed by atoms with Crippen LogP contribution in [0.4, 0.5) is 0 Å². The van der Waals surface area contributed by atoms with E-state index >= 15 is 0 Å². The average molecular weight is 842 g/mol. The number of benzene rings is 9. The molecule has 0 fully saturated rings. The van der Waals surface area contributed by atoms with E-state index in [0.717, 1.165) is 88.5 Å². The highest BCUT2D eigenvalue weighted by Crippen LogP contribution is 2.41. The van der Waals surface area contributed by atoms with Crippen molar-refractivity contribution in [1.29, 1.82) is 10.5 Å². The molecule has 0 saturated carbocycles. The zero-order chi connectivity index (χ0) is 44.1. The molecule has 12 rings (SSSR count). The average Bonchev–Trinajstić information content (AvgIpc) is 3.91. The van der Waals surface area contributed by atoms with Crippen molar-refractivity contribution < 1.29 is 0 Å². The SMILES string of the molecule is N#Cc1ccc(-c2ccc3c(c2)c2ccccc2n3-c2ccc(-c3ccc4c(c3)c3ccccc3n4-c3ccccc3)cc2-c2nc(-c3ccccc3)nc(-c3ccccc3)n2)c(C#N)c1. The summed E-state index contributed by atoms with van der Waals surface area (Å²) in [5.41, 5.74) is 13.6. The second kappa shape index (κ2) is 15.7. The predicted octanol–water partition coefficient (Wildman–Crippen LogP) is 14.1. The number of para-hydroxylation sites is 3. The van der Waals surface area contributed by atoms with Crippen LogP contribution < -0.4 is 0 Å². The molecule has 7 heteroatoms. The first-order valence-corrected chi connectivity index (χ1v) is 21.7. The Kier molecular flexibility index (Phi) is 9.12. The van der Waals surface area contributed by atoms with Gasteiger partial charge >= 0.3 is 0 Å². The van der Waals surface area contributed by atoms with Gasteiger partial charge in [-0.25, -0.2) is 15.0 Å². The standard InChI is InChI=1S/C59H35N7/c60-36-38-24-28-46(44(32-38)37-61)43-27-31-55-50(35-43)48-21-11-13-23-53(48)66(55)56-30-26-42(41-25-29-54-49(33-41)47-20-10-12-22-52(47)65(54)45-18-8-3-9-19-45)34-51(56)59-63-57(39-14-4-1-5-15-39)62-58(64-59)40-16-6-2-7-17-40/h1-35H. The molecule has 12 aromatic rings. The molecule has 7 nitrogen and oxygen atoms in total. The second-order valence-electron chi connectivity index (χ2n) is 16.3. The number of nitriles is 2. The van der Waals surface area contributed by atoms with Crippen molar-refractivity contribution in [2.75, 3.05) is 0 Å². The van der Waals surface area contributed by atoms with Gasteiger partial charge in [-0.15, -0.1) is 0 Å². The molecule has 0 unspecified atom stereocenters. The molecule has 3 aromatic heterocycles. The number of hydrogen-bond acceptors (Lipinski definition) is 5. The Bertz CT molecular complexity index is 3890. The van der Waals surface area contributed by atoms with Gasteiger partial charge in [-0.1, -0.05) is 140 Å².